The molecule has 0 amide bonds. The molecule has 4 heteroatoms. The van der Waals surface area contributed by atoms with Gasteiger partial charge >= 0.3 is 0 Å². The third-order valence-electron chi connectivity index (χ3n) is 3.62. The van der Waals surface area contributed by atoms with Crippen molar-refractivity contribution in [2.24, 2.45) is 5.92 Å². The maximum Gasteiger partial charge on any atom is 0.108 e. The molecule has 1 atom stereocenters. The van der Waals surface area contributed by atoms with Gasteiger partial charge in [0.1, 0.15) is 6.04 Å². The third-order valence-corrected chi connectivity index (χ3v) is 3.62. The van der Waals surface area contributed by atoms with Crippen LogP contribution in [0.3, 0.4) is 0 Å². The zero-order valence-corrected chi connectivity index (χ0v) is 10.2. The van der Waals surface area contributed by atoms with Gasteiger partial charge in [0.25, 0.3) is 0 Å². The summed E-state index contributed by atoms with van der Waals surface area (Å²) in [6, 6.07) is 2.27. The van der Waals surface area contributed by atoms with Crippen LogP contribution in [0.1, 0.15) is 12.8 Å². The maximum atomic E-state index is 8.89. The van der Waals surface area contributed by atoms with Gasteiger partial charge in [0.2, 0.25) is 0 Å². The highest BCUT2D eigenvalue weighted by Crippen LogP contribution is 2.29. The topological polar surface area (TPSA) is 42.3 Å². The van der Waals surface area contributed by atoms with E-state index >= 15 is 0 Å². The van der Waals surface area contributed by atoms with Crippen LogP contribution in [0, 0.1) is 17.2 Å². The van der Waals surface area contributed by atoms with Crippen LogP contribution < -0.4 is 5.32 Å². The van der Waals surface area contributed by atoms with Gasteiger partial charge in [-0.05, 0) is 25.8 Å². The lowest BCUT2D eigenvalue weighted by Gasteiger charge is -2.35. The van der Waals surface area contributed by atoms with Gasteiger partial charge in [-0.2, -0.15) is 5.26 Å². The normalized spacial score (nSPS) is 25.2. The van der Waals surface area contributed by atoms with Crippen LogP contribution in [-0.4, -0.2) is 62.2 Å². The molecule has 0 radical (unpaired) electrons. The van der Waals surface area contributed by atoms with Crippen molar-refractivity contribution in [1.29, 1.82) is 5.26 Å². The minimum Gasteiger partial charge on any atom is -0.304 e. The van der Waals surface area contributed by atoms with E-state index in [1.807, 2.05) is 7.05 Å². The highest BCUT2D eigenvalue weighted by Gasteiger charge is 2.26. The second-order valence-corrected chi connectivity index (χ2v) is 5.01. The first-order valence-corrected chi connectivity index (χ1v) is 6.33. The molecule has 2 fully saturated rings. The standard InChI is InChI=1S/C12H22N4/c1-14-12(8-13)10-16-6-4-15(5-7-16)9-11-2-3-11/h11-12,14H,2-7,9-10H2,1H3. The van der Waals surface area contributed by atoms with E-state index in [2.05, 4.69) is 21.2 Å². The predicted octanol–water partition coefficient (Wildman–Crippen LogP) is 0.126. The molecule has 1 N–H and O–H groups in total. The Bertz CT molecular complexity index is 248. The third kappa shape index (κ3) is 3.44. The molecule has 1 unspecified atom stereocenters. The fourth-order valence-electron chi connectivity index (χ4n) is 2.27. The molecule has 90 valence electrons. The van der Waals surface area contributed by atoms with Crippen molar-refractivity contribution in [2.45, 2.75) is 18.9 Å². The molecule has 2 rings (SSSR count). The summed E-state index contributed by atoms with van der Waals surface area (Å²) in [6.07, 6.45) is 2.88. The smallest absolute Gasteiger partial charge is 0.108 e. The van der Waals surface area contributed by atoms with E-state index in [1.165, 1.54) is 32.5 Å². The Balaban J connectivity index is 1.66. The van der Waals surface area contributed by atoms with Crippen molar-refractivity contribution in [1.82, 2.24) is 15.1 Å². The summed E-state index contributed by atoms with van der Waals surface area (Å²) >= 11 is 0. The first kappa shape index (κ1) is 11.8. The second kappa shape index (κ2) is 5.62. The van der Waals surface area contributed by atoms with Crippen LogP contribution in [0.25, 0.3) is 0 Å². The molecule has 1 heterocycles. The summed E-state index contributed by atoms with van der Waals surface area (Å²) in [5.41, 5.74) is 0. The molecule has 0 aromatic rings. The fraction of sp³-hybridized carbons (Fsp3) is 0.917. The lowest BCUT2D eigenvalue weighted by atomic mass is 10.2. The minimum absolute atomic E-state index is 0.0185. The van der Waals surface area contributed by atoms with Crippen LogP contribution in [0.15, 0.2) is 0 Å². The lowest BCUT2D eigenvalue weighted by Crippen LogP contribution is -2.50. The molecule has 0 aromatic heterocycles. The first-order chi connectivity index (χ1) is 7.81. The van der Waals surface area contributed by atoms with Crippen LogP contribution >= 0.6 is 0 Å². The van der Waals surface area contributed by atoms with E-state index in [-0.39, 0.29) is 6.04 Å². The second-order valence-electron chi connectivity index (χ2n) is 5.01. The number of likely N-dealkylation sites (N-methyl/N-ethyl adjacent to an activating group) is 1. The molecule has 1 saturated carbocycles. The average Bonchev–Trinajstić information content (AvgIpc) is 3.12. The van der Waals surface area contributed by atoms with Crippen molar-refractivity contribution < 1.29 is 0 Å². The molecule has 16 heavy (non-hydrogen) atoms. The van der Waals surface area contributed by atoms with Gasteiger partial charge in [0.05, 0.1) is 6.07 Å². The van der Waals surface area contributed by atoms with Gasteiger partial charge in [0.15, 0.2) is 0 Å². The Morgan fingerprint density at radius 3 is 2.38 bits per heavy atom. The van der Waals surface area contributed by atoms with E-state index in [0.717, 1.165) is 25.6 Å². The SMILES string of the molecule is CNC(C#N)CN1CCN(CC2CC2)CC1. The van der Waals surface area contributed by atoms with Crippen molar-refractivity contribution in [3.63, 3.8) is 0 Å². The van der Waals surface area contributed by atoms with Crippen LogP contribution in [-0.2, 0) is 0 Å². The van der Waals surface area contributed by atoms with Gasteiger partial charge in [-0.3, -0.25) is 4.90 Å². The highest BCUT2D eigenvalue weighted by atomic mass is 15.3. The summed E-state index contributed by atoms with van der Waals surface area (Å²) in [5, 5.41) is 11.9. The summed E-state index contributed by atoms with van der Waals surface area (Å²) in [6.45, 7) is 6.77. The van der Waals surface area contributed by atoms with E-state index in [4.69, 9.17) is 5.26 Å². The van der Waals surface area contributed by atoms with E-state index in [9.17, 15) is 0 Å². The molecule has 1 aliphatic heterocycles. The maximum absolute atomic E-state index is 8.89. The molecule has 0 bridgehead atoms. The van der Waals surface area contributed by atoms with E-state index < -0.39 is 0 Å². The Kier molecular flexibility index (Phi) is 4.16. The molecule has 1 saturated heterocycles. The Morgan fingerprint density at radius 2 is 1.88 bits per heavy atom. The number of piperazine rings is 1. The number of rotatable bonds is 5. The molecule has 0 aromatic carbocycles. The Labute approximate surface area is 98.2 Å². The molecule has 4 nitrogen and oxygen atoms in total. The van der Waals surface area contributed by atoms with Gasteiger partial charge in [-0.1, -0.05) is 0 Å². The largest absolute Gasteiger partial charge is 0.304 e. The summed E-state index contributed by atoms with van der Waals surface area (Å²) < 4.78 is 0. The van der Waals surface area contributed by atoms with Crippen LogP contribution in [0.4, 0.5) is 0 Å². The lowest BCUT2D eigenvalue weighted by molar-refractivity contribution is 0.125. The molecule has 2 aliphatic rings. The zero-order valence-electron chi connectivity index (χ0n) is 10.2. The predicted molar refractivity (Wildman–Crippen MR) is 64.1 cm³/mol. The fourth-order valence-corrected chi connectivity index (χ4v) is 2.27. The number of nitrogens with one attached hydrogen (secondary N) is 1. The van der Waals surface area contributed by atoms with Gasteiger partial charge in [-0.25, -0.2) is 0 Å². The average molecular weight is 222 g/mol. The molecule has 1 aliphatic carbocycles. The van der Waals surface area contributed by atoms with Crippen LogP contribution in [0.2, 0.25) is 0 Å². The zero-order chi connectivity index (χ0) is 11.4. The quantitative estimate of drug-likeness (QED) is 0.718. The van der Waals surface area contributed by atoms with Gasteiger partial charge in [-0.15, -0.1) is 0 Å². The monoisotopic (exact) mass is 222 g/mol. The van der Waals surface area contributed by atoms with Gasteiger partial charge in [0, 0.05) is 39.3 Å². The Hall–Kier alpha value is -0.630. The Morgan fingerprint density at radius 1 is 1.25 bits per heavy atom. The number of nitriles is 1. The highest BCUT2D eigenvalue weighted by molar-refractivity contribution is 4.92. The number of hydrogen-bond donors (Lipinski definition) is 1. The van der Waals surface area contributed by atoms with Gasteiger partial charge < -0.3 is 10.2 Å². The minimum atomic E-state index is -0.0185. The van der Waals surface area contributed by atoms with Crippen LogP contribution in [0.5, 0.6) is 0 Å². The van der Waals surface area contributed by atoms with Crippen molar-refractivity contribution in [3.05, 3.63) is 0 Å². The van der Waals surface area contributed by atoms with Crippen molar-refractivity contribution in [2.75, 3.05) is 46.3 Å². The summed E-state index contributed by atoms with van der Waals surface area (Å²) in [4.78, 5) is 4.97. The summed E-state index contributed by atoms with van der Waals surface area (Å²) in [5.74, 6) is 0.996. The number of hydrogen-bond acceptors (Lipinski definition) is 4. The van der Waals surface area contributed by atoms with Crippen molar-refractivity contribution >= 4 is 0 Å². The van der Waals surface area contributed by atoms with E-state index in [1.54, 1.807) is 0 Å². The molecule has 0 spiro atoms. The van der Waals surface area contributed by atoms with E-state index in [0.29, 0.717) is 0 Å². The summed E-state index contributed by atoms with van der Waals surface area (Å²) in [7, 11) is 1.86. The van der Waals surface area contributed by atoms with Crippen molar-refractivity contribution in [3.8, 4) is 6.07 Å². The molecular weight excluding hydrogens is 200 g/mol. The first-order valence-electron chi connectivity index (χ1n) is 6.33. The molecular formula is C12H22N4. The number of nitrogens with zero attached hydrogens (tertiary/aromatic N) is 3.